The van der Waals surface area contributed by atoms with Crippen molar-refractivity contribution in [1.82, 2.24) is 9.55 Å². The van der Waals surface area contributed by atoms with Gasteiger partial charge in [-0.15, -0.1) is 0 Å². The fourth-order valence-corrected chi connectivity index (χ4v) is 3.38. The van der Waals surface area contributed by atoms with E-state index >= 15 is 0 Å². The summed E-state index contributed by atoms with van der Waals surface area (Å²) in [6, 6.07) is 9.37. The monoisotopic (exact) mass is 357 g/mol. The maximum Gasteiger partial charge on any atom is 0.273 e. The Morgan fingerprint density at radius 1 is 1.44 bits per heavy atom. The lowest BCUT2D eigenvalue weighted by Gasteiger charge is -2.39. The van der Waals surface area contributed by atoms with Gasteiger partial charge in [0.15, 0.2) is 0 Å². The van der Waals surface area contributed by atoms with Gasteiger partial charge in [0, 0.05) is 18.6 Å². The van der Waals surface area contributed by atoms with Gasteiger partial charge in [0.25, 0.3) is 5.56 Å². The highest BCUT2D eigenvalue weighted by atomic mass is 35.5. The lowest BCUT2D eigenvalue weighted by atomic mass is 9.93. The number of nitrogens with two attached hydrogens (primary N) is 1. The first-order valence-electron chi connectivity index (χ1n) is 8.18. The predicted molar refractivity (Wildman–Crippen MR) is 97.8 cm³/mol. The second kappa shape index (κ2) is 6.87. The molecule has 0 amide bonds. The molecule has 1 fully saturated rings. The number of rotatable bonds is 3. The van der Waals surface area contributed by atoms with E-state index in [1.54, 1.807) is 12.1 Å². The van der Waals surface area contributed by atoms with Crippen LogP contribution in [0.4, 0.5) is 5.95 Å². The molecule has 0 radical (unpaired) electrons. The first kappa shape index (κ1) is 17.5. The Labute approximate surface area is 151 Å². The Kier molecular flexibility index (Phi) is 4.80. The van der Waals surface area contributed by atoms with E-state index in [1.165, 1.54) is 10.8 Å². The fourth-order valence-electron chi connectivity index (χ4n) is 3.23. The highest BCUT2D eigenvalue weighted by molar-refractivity contribution is 6.30. The molecule has 25 heavy (non-hydrogen) atoms. The third-order valence-corrected chi connectivity index (χ3v) is 4.72. The van der Waals surface area contributed by atoms with Crippen LogP contribution in [0.1, 0.15) is 30.9 Å². The molecule has 130 valence electrons. The van der Waals surface area contributed by atoms with E-state index < -0.39 is 0 Å². The molecule has 1 aliphatic heterocycles. The second-order valence-electron chi connectivity index (χ2n) is 6.75. The van der Waals surface area contributed by atoms with Crippen LogP contribution in [0.2, 0.25) is 5.02 Å². The zero-order valence-electron chi connectivity index (χ0n) is 14.1. The van der Waals surface area contributed by atoms with Gasteiger partial charge >= 0.3 is 0 Å². The molecule has 1 saturated heterocycles. The third-order valence-electron chi connectivity index (χ3n) is 4.46. The van der Waals surface area contributed by atoms with Gasteiger partial charge in [-0.3, -0.25) is 9.36 Å². The molecule has 6 nitrogen and oxygen atoms in total. The molecule has 0 saturated carbocycles. The van der Waals surface area contributed by atoms with Crippen molar-refractivity contribution in [1.29, 1.82) is 5.26 Å². The summed E-state index contributed by atoms with van der Waals surface area (Å²) < 4.78 is 1.53. The van der Waals surface area contributed by atoms with Crippen molar-refractivity contribution in [3.05, 3.63) is 57.0 Å². The van der Waals surface area contributed by atoms with E-state index in [9.17, 15) is 10.1 Å². The van der Waals surface area contributed by atoms with Crippen LogP contribution in [0.25, 0.3) is 0 Å². The minimum absolute atomic E-state index is 0.0608. The standard InChI is InChI=1S/C18H20ClN5O/c1-18(21)7-4-8-23(12-18)17-22-10-15(19)16(25)24(17)11-14-6-3-2-5-13(14)9-20/h2-3,5-6,10H,4,7-8,11-12,21H2,1H3/t18-/m1/s1. The molecule has 1 atom stereocenters. The molecule has 0 bridgehead atoms. The van der Waals surface area contributed by atoms with Crippen molar-refractivity contribution < 1.29 is 0 Å². The average Bonchev–Trinajstić information content (AvgIpc) is 2.58. The molecule has 2 heterocycles. The number of halogens is 1. The maximum absolute atomic E-state index is 12.6. The lowest BCUT2D eigenvalue weighted by molar-refractivity contribution is 0.368. The van der Waals surface area contributed by atoms with Crippen molar-refractivity contribution >= 4 is 17.5 Å². The number of anilines is 1. The topological polar surface area (TPSA) is 87.9 Å². The smallest absolute Gasteiger partial charge is 0.273 e. The van der Waals surface area contributed by atoms with Crippen molar-refractivity contribution in [2.75, 3.05) is 18.0 Å². The highest BCUT2D eigenvalue weighted by Crippen LogP contribution is 2.23. The second-order valence-corrected chi connectivity index (χ2v) is 7.15. The summed E-state index contributed by atoms with van der Waals surface area (Å²) in [5.41, 5.74) is 6.94. The first-order chi connectivity index (χ1) is 11.9. The number of nitriles is 1. The van der Waals surface area contributed by atoms with Gasteiger partial charge in [0.05, 0.1) is 24.4 Å². The molecule has 1 aliphatic rings. The summed E-state index contributed by atoms with van der Waals surface area (Å²) in [6.45, 7) is 3.63. The highest BCUT2D eigenvalue weighted by Gasteiger charge is 2.29. The molecular weight excluding hydrogens is 338 g/mol. The van der Waals surface area contributed by atoms with Crippen LogP contribution >= 0.6 is 11.6 Å². The lowest BCUT2D eigenvalue weighted by Crippen LogP contribution is -2.53. The molecule has 1 aromatic heterocycles. The summed E-state index contributed by atoms with van der Waals surface area (Å²) in [5, 5.41) is 9.36. The first-order valence-corrected chi connectivity index (χ1v) is 8.56. The van der Waals surface area contributed by atoms with Gasteiger partial charge in [0.2, 0.25) is 5.95 Å². The van der Waals surface area contributed by atoms with Gasteiger partial charge in [-0.25, -0.2) is 4.98 Å². The summed E-state index contributed by atoms with van der Waals surface area (Å²) in [4.78, 5) is 19.1. The number of benzene rings is 1. The van der Waals surface area contributed by atoms with Crippen LogP contribution in [0.5, 0.6) is 0 Å². The van der Waals surface area contributed by atoms with Crippen LogP contribution in [0, 0.1) is 11.3 Å². The van der Waals surface area contributed by atoms with Crippen molar-refractivity contribution in [3.8, 4) is 6.07 Å². The minimum atomic E-state index is -0.328. The minimum Gasteiger partial charge on any atom is -0.340 e. The van der Waals surface area contributed by atoms with E-state index in [-0.39, 0.29) is 22.7 Å². The van der Waals surface area contributed by atoms with Gasteiger partial charge < -0.3 is 10.6 Å². The molecule has 1 aromatic carbocycles. The van der Waals surface area contributed by atoms with Gasteiger partial charge in [-0.2, -0.15) is 5.26 Å². The molecule has 0 spiro atoms. The predicted octanol–water partition coefficient (Wildman–Crippen LogP) is 2.13. The van der Waals surface area contributed by atoms with E-state index in [4.69, 9.17) is 17.3 Å². The molecular formula is C18H20ClN5O. The van der Waals surface area contributed by atoms with E-state index in [1.807, 2.05) is 24.0 Å². The van der Waals surface area contributed by atoms with Gasteiger partial charge in [0.1, 0.15) is 5.02 Å². The largest absolute Gasteiger partial charge is 0.340 e. The molecule has 0 unspecified atom stereocenters. The summed E-state index contributed by atoms with van der Waals surface area (Å²) >= 11 is 6.02. The van der Waals surface area contributed by atoms with Crippen molar-refractivity contribution in [2.24, 2.45) is 5.73 Å². The number of piperidine rings is 1. The Morgan fingerprint density at radius 2 is 2.20 bits per heavy atom. The Morgan fingerprint density at radius 3 is 2.92 bits per heavy atom. The SMILES string of the molecule is C[C@@]1(N)CCCN(c2ncc(Cl)c(=O)n2Cc2ccccc2C#N)C1. The molecule has 2 N–H and O–H groups in total. The van der Waals surface area contributed by atoms with Crippen molar-refractivity contribution in [3.63, 3.8) is 0 Å². The zero-order chi connectivity index (χ0) is 18.0. The van der Waals surface area contributed by atoms with Crippen LogP contribution < -0.4 is 16.2 Å². The fraction of sp³-hybridized carbons (Fsp3) is 0.389. The number of hydrogen-bond acceptors (Lipinski definition) is 5. The average molecular weight is 358 g/mol. The summed E-state index contributed by atoms with van der Waals surface area (Å²) in [5.74, 6) is 0.540. The molecule has 3 rings (SSSR count). The normalized spacial score (nSPS) is 20.3. The van der Waals surface area contributed by atoms with E-state index in [0.29, 0.717) is 18.1 Å². The van der Waals surface area contributed by atoms with Gasteiger partial charge in [-0.1, -0.05) is 29.8 Å². The summed E-state index contributed by atoms with van der Waals surface area (Å²) in [6.07, 6.45) is 3.24. The van der Waals surface area contributed by atoms with Crippen molar-refractivity contribution in [2.45, 2.75) is 31.8 Å². The Balaban J connectivity index is 2.05. The maximum atomic E-state index is 12.6. The van der Waals surface area contributed by atoms with Crippen LogP contribution in [-0.2, 0) is 6.54 Å². The molecule has 2 aromatic rings. The number of nitrogens with zero attached hydrogens (tertiary/aromatic N) is 4. The Hall–Kier alpha value is -2.36. The molecule has 0 aliphatic carbocycles. The van der Waals surface area contributed by atoms with E-state index in [2.05, 4.69) is 11.1 Å². The Bertz CT molecular complexity index is 884. The summed E-state index contributed by atoms with van der Waals surface area (Å²) in [7, 11) is 0. The number of aromatic nitrogens is 2. The van der Waals surface area contributed by atoms with Gasteiger partial charge in [-0.05, 0) is 31.4 Å². The molecule has 7 heteroatoms. The van der Waals surface area contributed by atoms with E-state index in [0.717, 1.165) is 24.9 Å². The quantitative estimate of drug-likeness (QED) is 0.909. The van der Waals surface area contributed by atoms with Crippen LogP contribution in [-0.4, -0.2) is 28.2 Å². The zero-order valence-corrected chi connectivity index (χ0v) is 14.8. The third kappa shape index (κ3) is 3.68. The van der Waals surface area contributed by atoms with Crippen LogP contribution in [0.15, 0.2) is 35.3 Å². The number of hydrogen-bond donors (Lipinski definition) is 1. The van der Waals surface area contributed by atoms with Crippen LogP contribution in [0.3, 0.4) is 0 Å².